The minimum atomic E-state index is -0.315. The first-order chi connectivity index (χ1) is 10.2. The van der Waals surface area contributed by atoms with Crippen molar-refractivity contribution >= 4 is 22.4 Å². The smallest absolute Gasteiger partial charge is 0.140 e. The molecular formula is C15H10FN5. The summed E-state index contributed by atoms with van der Waals surface area (Å²) in [6.07, 6.45) is 6.70. The fourth-order valence-corrected chi connectivity index (χ4v) is 2.38. The number of fused-ring (bicyclic) bond motifs is 2. The molecule has 0 bridgehead atoms. The number of halogens is 1. The highest BCUT2D eigenvalue weighted by molar-refractivity contribution is 5.90. The van der Waals surface area contributed by atoms with Crippen molar-refractivity contribution in [1.29, 1.82) is 0 Å². The van der Waals surface area contributed by atoms with E-state index in [0.29, 0.717) is 11.5 Å². The summed E-state index contributed by atoms with van der Waals surface area (Å²) in [7, 11) is 0. The third-order valence-electron chi connectivity index (χ3n) is 3.41. The molecule has 0 aromatic carbocycles. The zero-order valence-corrected chi connectivity index (χ0v) is 10.9. The fraction of sp³-hybridized carbons (Fsp3) is 0. The molecule has 0 aliphatic heterocycles. The Balaban J connectivity index is 1.98. The largest absolute Gasteiger partial charge is 0.383 e. The second-order valence-corrected chi connectivity index (χ2v) is 4.70. The molecule has 4 rings (SSSR count). The van der Waals surface area contributed by atoms with Crippen LogP contribution in [0.5, 0.6) is 0 Å². The van der Waals surface area contributed by atoms with Crippen molar-refractivity contribution in [2.45, 2.75) is 0 Å². The van der Waals surface area contributed by atoms with Crippen molar-refractivity contribution < 1.29 is 4.39 Å². The van der Waals surface area contributed by atoms with Crippen LogP contribution in [0.3, 0.4) is 0 Å². The van der Waals surface area contributed by atoms with E-state index < -0.39 is 0 Å². The molecule has 0 atom stereocenters. The maximum Gasteiger partial charge on any atom is 0.140 e. The number of aromatic nitrogens is 4. The van der Waals surface area contributed by atoms with Gasteiger partial charge in [0, 0.05) is 35.6 Å². The lowest BCUT2D eigenvalue weighted by atomic mass is 10.1. The zero-order chi connectivity index (χ0) is 14.4. The summed E-state index contributed by atoms with van der Waals surface area (Å²) >= 11 is 0. The summed E-state index contributed by atoms with van der Waals surface area (Å²) in [4.78, 5) is 12.7. The Morgan fingerprint density at radius 3 is 2.86 bits per heavy atom. The van der Waals surface area contributed by atoms with E-state index in [-0.39, 0.29) is 5.82 Å². The van der Waals surface area contributed by atoms with E-state index in [1.54, 1.807) is 35.3 Å². The van der Waals surface area contributed by atoms with E-state index in [1.165, 1.54) is 12.1 Å². The van der Waals surface area contributed by atoms with Gasteiger partial charge in [-0.15, -0.1) is 0 Å². The molecule has 4 aromatic heterocycles. The van der Waals surface area contributed by atoms with E-state index in [1.807, 2.05) is 6.07 Å². The lowest BCUT2D eigenvalue weighted by Crippen LogP contribution is -1.94. The predicted molar refractivity (Wildman–Crippen MR) is 78.1 cm³/mol. The van der Waals surface area contributed by atoms with Crippen LogP contribution in [0.15, 0.2) is 49.1 Å². The molecule has 0 radical (unpaired) electrons. The monoisotopic (exact) mass is 279 g/mol. The molecule has 0 saturated carbocycles. The summed E-state index contributed by atoms with van der Waals surface area (Å²) < 4.78 is 15.0. The lowest BCUT2D eigenvalue weighted by Gasteiger charge is -2.05. The number of hydrogen-bond acceptors (Lipinski definition) is 4. The molecule has 0 fully saturated rings. The SMILES string of the molecule is Nc1nccc2ncc(-c3cnc4cc(F)ccn34)cc12. The van der Waals surface area contributed by atoms with Gasteiger partial charge in [-0.2, -0.15) is 0 Å². The third-order valence-corrected chi connectivity index (χ3v) is 3.41. The van der Waals surface area contributed by atoms with Crippen molar-refractivity contribution in [3.05, 3.63) is 54.9 Å². The van der Waals surface area contributed by atoms with Crippen LogP contribution in [0.1, 0.15) is 0 Å². The Kier molecular flexibility index (Phi) is 2.38. The van der Waals surface area contributed by atoms with Gasteiger partial charge in [-0.05, 0) is 18.2 Å². The minimum Gasteiger partial charge on any atom is -0.383 e. The molecule has 102 valence electrons. The van der Waals surface area contributed by atoms with Gasteiger partial charge in [0.25, 0.3) is 0 Å². The first-order valence-electron chi connectivity index (χ1n) is 6.35. The first kappa shape index (κ1) is 11.8. The van der Waals surface area contributed by atoms with Crippen molar-refractivity contribution in [2.75, 3.05) is 5.73 Å². The number of hydrogen-bond donors (Lipinski definition) is 1. The molecule has 5 nitrogen and oxygen atoms in total. The topological polar surface area (TPSA) is 69.1 Å². The van der Waals surface area contributed by atoms with Crippen LogP contribution >= 0.6 is 0 Å². The second kappa shape index (κ2) is 4.24. The molecular weight excluding hydrogens is 269 g/mol. The molecule has 0 aliphatic carbocycles. The second-order valence-electron chi connectivity index (χ2n) is 4.70. The highest BCUT2D eigenvalue weighted by Crippen LogP contribution is 2.25. The van der Waals surface area contributed by atoms with Crippen LogP contribution in [0.25, 0.3) is 27.8 Å². The Bertz CT molecular complexity index is 976. The minimum absolute atomic E-state index is 0.315. The zero-order valence-electron chi connectivity index (χ0n) is 10.9. The Hall–Kier alpha value is -3.02. The molecule has 21 heavy (non-hydrogen) atoms. The van der Waals surface area contributed by atoms with Gasteiger partial charge in [0.15, 0.2) is 0 Å². The molecule has 0 spiro atoms. The van der Waals surface area contributed by atoms with E-state index in [2.05, 4.69) is 15.0 Å². The first-order valence-corrected chi connectivity index (χ1v) is 6.35. The van der Waals surface area contributed by atoms with Gasteiger partial charge in [-0.3, -0.25) is 9.38 Å². The van der Waals surface area contributed by atoms with Crippen molar-refractivity contribution in [3.8, 4) is 11.3 Å². The van der Waals surface area contributed by atoms with Crippen LogP contribution < -0.4 is 5.73 Å². The van der Waals surface area contributed by atoms with Crippen LogP contribution in [0, 0.1) is 5.82 Å². The standard InChI is InChI=1S/C15H10FN5/c16-10-2-4-21-13(8-20-14(21)6-10)9-5-11-12(19-7-9)1-3-18-15(11)17/h1-8H,(H2,17,18). The van der Waals surface area contributed by atoms with Crippen LogP contribution in [-0.4, -0.2) is 19.4 Å². The van der Waals surface area contributed by atoms with Gasteiger partial charge in [-0.25, -0.2) is 14.4 Å². The van der Waals surface area contributed by atoms with Crippen molar-refractivity contribution in [3.63, 3.8) is 0 Å². The summed E-state index contributed by atoms with van der Waals surface area (Å²) in [6.45, 7) is 0. The van der Waals surface area contributed by atoms with Gasteiger partial charge < -0.3 is 5.73 Å². The predicted octanol–water partition coefficient (Wildman–Crippen LogP) is 2.67. The number of anilines is 1. The highest BCUT2D eigenvalue weighted by atomic mass is 19.1. The lowest BCUT2D eigenvalue weighted by molar-refractivity contribution is 0.626. The average Bonchev–Trinajstić information content (AvgIpc) is 2.90. The van der Waals surface area contributed by atoms with Crippen molar-refractivity contribution in [1.82, 2.24) is 19.4 Å². The average molecular weight is 279 g/mol. The summed E-state index contributed by atoms with van der Waals surface area (Å²) in [6, 6.07) is 6.49. The Morgan fingerprint density at radius 1 is 1.05 bits per heavy atom. The fourth-order valence-electron chi connectivity index (χ4n) is 2.38. The Labute approximate surface area is 118 Å². The molecule has 2 N–H and O–H groups in total. The number of nitrogen functional groups attached to an aromatic ring is 1. The van der Waals surface area contributed by atoms with Gasteiger partial charge in [0.2, 0.25) is 0 Å². The molecule has 4 aromatic rings. The number of nitrogens with two attached hydrogens (primary N) is 1. The highest BCUT2D eigenvalue weighted by Gasteiger charge is 2.09. The van der Waals surface area contributed by atoms with Gasteiger partial charge in [-0.1, -0.05) is 0 Å². The van der Waals surface area contributed by atoms with E-state index >= 15 is 0 Å². The number of pyridine rings is 3. The molecule has 0 aliphatic rings. The van der Waals surface area contributed by atoms with Gasteiger partial charge >= 0.3 is 0 Å². The number of imidazole rings is 1. The van der Waals surface area contributed by atoms with Crippen LogP contribution in [0.4, 0.5) is 10.2 Å². The molecule has 0 saturated heterocycles. The van der Waals surface area contributed by atoms with E-state index in [9.17, 15) is 4.39 Å². The molecule has 0 unspecified atom stereocenters. The maximum absolute atomic E-state index is 13.2. The van der Waals surface area contributed by atoms with Gasteiger partial charge in [0.05, 0.1) is 17.4 Å². The van der Waals surface area contributed by atoms with Crippen LogP contribution in [-0.2, 0) is 0 Å². The molecule has 0 amide bonds. The molecule has 4 heterocycles. The van der Waals surface area contributed by atoms with Crippen LogP contribution in [0.2, 0.25) is 0 Å². The normalized spacial score (nSPS) is 11.3. The third kappa shape index (κ3) is 1.80. The van der Waals surface area contributed by atoms with E-state index in [0.717, 1.165) is 22.2 Å². The quantitative estimate of drug-likeness (QED) is 0.581. The van der Waals surface area contributed by atoms with Crippen molar-refractivity contribution in [2.24, 2.45) is 0 Å². The number of rotatable bonds is 1. The Morgan fingerprint density at radius 2 is 1.95 bits per heavy atom. The summed E-state index contributed by atoms with van der Waals surface area (Å²) in [5, 5.41) is 0.784. The number of nitrogens with zero attached hydrogens (tertiary/aromatic N) is 4. The van der Waals surface area contributed by atoms with Gasteiger partial charge in [0.1, 0.15) is 17.3 Å². The maximum atomic E-state index is 13.2. The summed E-state index contributed by atoms with van der Waals surface area (Å²) in [5.74, 6) is 0.117. The van der Waals surface area contributed by atoms with E-state index in [4.69, 9.17) is 5.73 Å². The summed E-state index contributed by atoms with van der Waals surface area (Å²) in [5.41, 5.74) is 8.89. The molecule has 6 heteroatoms.